The lowest BCUT2D eigenvalue weighted by molar-refractivity contribution is -0.140. The van der Waals surface area contributed by atoms with Crippen LogP contribution >= 0.6 is 23.5 Å². The summed E-state index contributed by atoms with van der Waals surface area (Å²) in [7, 11) is 0. The first-order valence-corrected chi connectivity index (χ1v) is 8.87. The predicted molar refractivity (Wildman–Crippen MR) is 86.0 cm³/mol. The Morgan fingerprint density at radius 2 is 1.52 bits per heavy atom. The summed E-state index contributed by atoms with van der Waals surface area (Å²) in [6.07, 6.45) is 3.86. The molecule has 2 rings (SSSR count). The second kappa shape index (κ2) is 6.29. The zero-order chi connectivity index (χ0) is 15.5. The second-order valence-electron chi connectivity index (χ2n) is 4.79. The van der Waals surface area contributed by atoms with Gasteiger partial charge >= 0.3 is 0 Å². The van der Waals surface area contributed by atoms with Gasteiger partial charge in [0, 0.05) is 6.42 Å². The van der Waals surface area contributed by atoms with Crippen molar-refractivity contribution < 1.29 is 14.7 Å². The normalized spacial score (nSPS) is 28.9. The molecule has 1 heterocycles. The first-order valence-electron chi connectivity index (χ1n) is 6.42. The van der Waals surface area contributed by atoms with E-state index < -0.39 is 16.3 Å². The van der Waals surface area contributed by atoms with Crippen LogP contribution in [0, 0.1) is 0 Å². The Kier molecular flexibility index (Phi) is 4.85. The Bertz CT molecular complexity index is 534. The van der Waals surface area contributed by atoms with Crippen molar-refractivity contribution in [2.75, 3.05) is 19.1 Å². The highest BCUT2D eigenvalue weighted by atomic mass is 32.2. The molecule has 5 nitrogen and oxygen atoms in total. The van der Waals surface area contributed by atoms with Gasteiger partial charge in [-0.2, -0.15) is 0 Å². The minimum Gasteiger partial charge on any atom is -0.392 e. The highest BCUT2D eigenvalue weighted by Gasteiger charge is 2.53. The van der Waals surface area contributed by atoms with Crippen molar-refractivity contribution in [3.05, 3.63) is 35.9 Å². The minimum absolute atomic E-state index is 0.290. The number of amides is 2. The number of piperazine rings is 1. The highest BCUT2D eigenvalue weighted by Crippen LogP contribution is 2.33. The van der Waals surface area contributed by atoms with Gasteiger partial charge in [0.15, 0.2) is 9.74 Å². The van der Waals surface area contributed by atoms with E-state index in [2.05, 4.69) is 10.6 Å². The molecular weight excluding hydrogens is 308 g/mol. The van der Waals surface area contributed by atoms with Crippen LogP contribution in [0.5, 0.6) is 0 Å². The van der Waals surface area contributed by atoms with Crippen LogP contribution in [0.4, 0.5) is 0 Å². The fraction of sp³-hybridized carbons (Fsp3) is 0.429. The number of hydrogen-bond acceptors (Lipinski definition) is 5. The Balaban J connectivity index is 2.29. The maximum atomic E-state index is 12.6. The van der Waals surface area contributed by atoms with Gasteiger partial charge in [-0.3, -0.25) is 9.59 Å². The van der Waals surface area contributed by atoms with Crippen molar-refractivity contribution in [2.24, 2.45) is 0 Å². The number of aliphatic hydroxyl groups excluding tert-OH is 1. The maximum absolute atomic E-state index is 12.6. The van der Waals surface area contributed by atoms with Crippen LogP contribution in [0.25, 0.3) is 0 Å². The standard InChI is InChI=1S/C14H18N2O3S2/c1-20-13(8-10-6-4-3-5-7-10)11(18)16-14(9-17,21-2)12(19)15-13/h3-7,17H,8-9H2,1-2H3,(H,15,19)(H,16,18)/t13-,14-/m1/s1. The summed E-state index contributed by atoms with van der Waals surface area (Å²) in [6, 6.07) is 9.52. The summed E-state index contributed by atoms with van der Waals surface area (Å²) in [6.45, 7) is -0.443. The van der Waals surface area contributed by atoms with Gasteiger partial charge < -0.3 is 15.7 Å². The smallest absolute Gasteiger partial charge is 0.260 e. The molecule has 7 heteroatoms. The quantitative estimate of drug-likeness (QED) is 0.738. The third-order valence-electron chi connectivity index (χ3n) is 3.58. The largest absolute Gasteiger partial charge is 0.392 e. The number of aliphatic hydroxyl groups is 1. The van der Waals surface area contributed by atoms with Crippen molar-refractivity contribution >= 4 is 35.3 Å². The summed E-state index contributed by atoms with van der Waals surface area (Å²) >= 11 is 2.41. The molecule has 1 fully saturated rings. The van der Waals surface area contributed by atoms with Crippen LogP contribution in [-0.2, 0) is 16.0 Å². The molecule has 0 radical (unpaired) electrons. The molecule has 1 saturated heterocycles. The molecule has 2 atom stereocenters. The Morgan fingerprint density at radius 3 is 2.05 bits per heavy atom. The molecule has 1 aromatic rings. The monoisotopic (exact) mass is 326 g/mol. The minimum atomic E-state index is -1.30. The second-order valence-corrected chi connectivity index (χ2v) is 7.00. The molecule has 0 aliphatic carbocycles. The van der Waals surface area contributed by atoms with E-state index in [1.807, 2.05) is 30.3 Å². The molecule has 0 unspecified atom stereocenters. The van der Waals surface area contributed by atoms with Crippen LogP contribution in [0.1, 0.15) is 5.56 Å². The van der Waals surface area contributed by atoms with Crippen molar-refractivity contribution in [1.82, 2.24) is 10.6 Å². The first kappa shape index (κ1) is 16.2. The summed E-state index contributed by atoms with van der Waals surface area (Å²) in [5, 5.41) is 14.9. The number of carbonyl (C=O) groups is 2. The number of thioether (sulfide) groups is 2. The Morgan fingerprint density at radius 1 is 1.00 bits per heavy atom. The lowest BCUT2D eigenvalue weighted by atomic mass is 10.0. The van der Waals surface area contributed by atoms with E-state index in [0.29, 0.717) is 6.42 Å². The lowest BCUT2D eigenvalue weighted by Gasteiger charge is -2.43. The zero-order valence-electron chi connectivity index (χ0n) is 11.9. The van der Waals surface area contributed by atoms with Crippen molar-refractivity contribution in [1.29, 1.82) is 0 Å². The molecule has 0 spiro atoms. The lowest BCUT2D eigenvalue weighted by Crippen LogP contribution is -2.74. The molecule has 1 aromatic carbocycles. The van der Waals surface area contributed by atoms with Gasteiger partial charge in [-0.15, -0.1) is 23.5 Å². The third kappa shape index (κ3) is 2.90. The van der Waals surface area contributed by atoms with Gasteiger partial charge in [0.2, 0.25) is 0 Å². The van der Waals surface area contributed by atoms with Gasteiger partial charge in [-0.1, -0.05) is 30.3 Å². The number of nitrogens with one attached hydrogen (secondary N) is 2. The topological polar surface area (TPSA) is 78.4 Å². The van der Waals surface area contributed by atoms with Crippen LogP contribution in [0.15, 0.2) is 30.3 Å². The molecule has 0 saturated carbocycles. The molecule has 0 bridgehead atoms. The van der Waals surface area contributed by atoms with E-state index in [-0.39, 0.29) is 11.8 Å². The van der Waals surface area contributed by atoms with Gasteiger partial charge in [-0.25, -0.2) is 0 Å². The van der Waals surface area contributed by atoms with Crippen LogP contribution < -0.4 is 10.6 Å². The fourth-order valence-electron chi connectivity index (χ4n) is 2.23. The highest BCUT2D eigenvalue weighted by molar-refractivity contribution is 8.01. The Labute approximate surface area is 132 Å². The van der Waals surface area contributed by atoms with E-state index in [1.54, 1.807) is 12.5 Å². The van der Waals surface area contributed by atoms with E-state index in [9.17, 15) is 14.7 Å². The summed E-state index contributed by atoms with van der Waals surface area (Å²) in [4.78, 5) is 22.6. The third-order valence-corrected chi connectivity index (χ3v) is 5.82. The predicted octanol–water partition coefficient (Wildman–Crippen LogP) is 0.586. The van der Waals surface area contributed by atoms with Crippen LogP contribution in [0.2, 0.25) is 0 Å². The number of hydrogen-bond donors (Lipinski definition) is 3. The average molecular weight is 326 g/mol. The van der Waals surface area contributed by atoms with Gasteiger partial charge in [0.05, 0.1) is 6.61 Å². The van der Waals surface area contributed by atoms with Gasteiger partial charge in [-0.05, 0) is 18.1 Å². The SMILES string of the molecule is CS[C@@]1(CO)NC(=O)[C@@](Cc2ccccc2)(SC)NC1=O. The van der Waals surface area contributed by atoms with Crippen molar-refractivity contribution in [3.63, 3.8) is 0 Å². The summed E-state index contributed by atoms with van der Waals surface area (Å²) in [5.74, 6) is -0.663. The molecule has 1 aliphatic rings. The molecule has 21 heavy (non-hydrogen) atoms. The molecular formula is C14H18N2O3S2. The van der Waals surface area contributed by atoms with Gasteiger partial charge in [0.1, 0.15) is 0 Å². The number of rotatable bonds is 5. The van der Waals surface area contributed by atoms with Gasteiger partial charge in [0.25, 0.3) is 11.8 Å². The Hall–Kier alpha value is -1.18. The van der Waals surface area contributed by atoms with Crippen molar-refractivity contribution in [3.8, 4) is 0 Å². The molecule has 3 N–H and O–H groups in total. The van der Waals surface area contributed by atoms with E-state index >= 15 is 0 Å². The fourth-order valence-corrected chi connectivity index (χ4v) is 3.53. The molecule has 2 amide bonds. The first-order chi connectivity index (χ1) is 10.0. The maximum Gasteiger partial charge on any atom is 0.260 e. The molecule has 0 aromatic heterocycles. The summed E-state index contributed by atoms with van der Waals surface area (Å²) < 4.78 is 0. The van der Waals surface area contributed by atoms with E-state index in [0.717, 1.165) is 17.3 Å². The zero-order valence-corrected chi connectivity index (χ0v) is 13.5. The number of carbonyl (C=O) groups excluding carboxylic acids is 2. The van der Waals surface area contributed by atoms with Crippen molar-refractivity contribution in [2.45, 2.75) is 16.2 Å². The van der Waals surface area contributed by atoms with Crippen LogP contribution in [0.3, 0.4) is 0 Å². The van der Waals surface area contributed by atoms with Crippen LogP contribution in [-0.4, -0.2) is 45.8 Å². The van der Waals surface area contributed by atoms with E-state index in [1.165, 1.54) is 11.8 Å². The number of benzene rings is 1. The van der Waals surface area contributed by atoms with E-state index in [4.69, 9.17) is 0 Å². The average Bonchev–Trinajstić information content (AvgIpc) is 2.51. The molecule has 114 valence electrons. The molecule has 1 aliphatic heterocycles. The summed E-state index contributed by atoms with van der Waals surface area (Å²) in [5.41, 5.74) is 0.961.